The largest absolute Gasteiger partial charge is 0.372 e. The molecule has 0 N–H and O–H groups in total. The number of aromatic nitrogens is 3. The molecule has 2 rings (SSSR count). The lowest BCUT2D eigenvalue weighted by molar-refractivity contribution is 0.0761. The first-order chi connectivity index (χ1) is 9.91. The van der Waals surface area contributed by atoms with Gasteiger partial charge in [-0.1, -0.05) is 11.8 Å². The highest BCUT2D eigenvalue weighted by molar-refractivity contribution is 7.98. The zero-order valence-corrected chi connectivity index (χ0v) is 14.9. The van der Waals surface area contributed by atoms with Gasteiger partial charge in [-0.3, -0.25) is 0 Å². The van der Waals surface area contributed by atoms with Crippen LogP contribution in [-0.4, -0.2) is 21.1 Å². The topological polar surface area (TPSA) is 39.9 Å². The zero-order valence-electron chi connectivity index (χ0n) is 13.3. The molecule has 0 aliphatic heterocycles. The van der Waals surface area contributed by atoms with Crippen molar-refractivity contribution in [3.8, 4) is 0 Å². The predicted octanol–water partition coefficient (Wildman–Crippen LogP) is 4.48. The van der Waals surface area contributed by atoms with Gasteiger partial charge in [-0.05, 0) is 34.6 Å². The number of thioether (sulfide) groups is 1. The summed E-state index contributed by atoms with van der Waals surface area (Å²) < 4.78 is 7.78. The van der Waals surface area contributed by atoms with Crippen molar-refractivity contribution in [2.75, 3.05) is 6.61 Å². The zero-order chi connectivity index (χ0) is 15.5. The Kier molecular flexibility index (Phi) is 5.46. The molecule has 0 fully saturated rings. The number of rotatable bonds is 6. The van der Waals surface area contributed by atoms with E-state index >= 15 is 0 Å². The number of ether oxygens (including phenoxy) is 1. The summed E-state index contributed by atoms with van der Waals surface area (Å²) in [7, 11) is 0. The average molecular weight is 326 g/mol. The molecule has 6 heteroatoms. The van der Waals surface area contributed by atoms with Gasteiger partial charge in [-0.15, -0.1) is 11.3 Å². The highest BCUT2D eigenvalue weighted by Gasteiger charge is 2.17. The minimum Gasteiger partial charge on any atom is -0.372 e. The van der Waals surface area contributed by atoms with E-state index in [1.54, 1.807) is 23.1 Å². The first kappa shape index (κ1) is 16.5. The molecule has 0 saturated heterocycles. The highest BCUT2D eigenvalue weighted by Crippen LogP contribution is 2.28. The third-order valence-corrected chi connectivity index (χ3v) is 5.07. The fraction of sp³-hybridized carbons (Fsp3) is 0.600. The van der Waals surface area contributed by atoms with Crippen molar-refractivity contribution in [2.45, 2.75) is 57.2 Å². The van der Waals surface area contributed by atoms with Gasteiger partial charge >= 0.3 is 0 Å². The Morgan fingerprint density at radius 3 is 2.86 bits per heavy atom. The molecule has 0 bridgehead atoms. The van der Waals surface area contributed by atoms with Crippen LogP contribution >= 0.6 is 23.1 Å². The summed E-state index contributed by atoms with van der Waals surface area (Å²) in [5, 5.41) is 4.20. The van der Waals surface area contributed by atoms with Crippen LogP contribution in [0.15, 0.2) is 22.9 Å². The average Bonchev–Trinajstić information content (AvgIpc) is 3.05. The van der Waals surface area contributed by atoms with Gasteiger partial charge in [0.05, 0.1) is 5.69 Å². The quantitative estimate of drug-likeness (QED) is 0.734. The molecule has 0 saturated carbocycles. The molecule has 2 aromatic heterocycles. The standard InChI is InChI=1S/C15H23N3OS2/c1-6-19-11(2)13-17-12(9-20-13)10-21-14-16-7-8-18(14)15(3,4)5/h7-9,11H,6,10H2,1-5H3/t11-/m1/s1. The maximum absolute atomic E-state index is 5.58. The van der Waals surface area contributed by atoms with Crippen molar-refractivity contribution >= 4 is 23.1 Å². The van der Waals surface area contributed by atoms with E-state index in [9.17, 15) is 0 Å². The molecule has 0 spiro atoms. The molecule has 116 valence electrons. The third kappa shape index (κ3) is 4.31. The van der Waals surface area contributed by atoms with E-state index in [4.69, 9.17) is 4.74 Å². The van der Waals surface area contributed by atoms with Gasteiger partial charge in [0.2, 0.25) is 0 Å². The van der Waals surface area contributed by atoms with Gasteiger partial charge < -0.3 is 9.30 Å². The van der Waals surface area contributed by atoms with Crippen LogP contribution in [0.2, 0.25) is 0 Å². The summed E-state index contributed by atoms with van der Waals surface area (Å²) >= 11 is 3.40. The Hall–Kier alpha value is -0.850. The van der Waals surface area contributed by atoms with Crippen LogP contribution in [0, 0.1) is 0 Å². The van der Waals surface area contributed by atoms with Gasteiger partial charge in [-0.2, -0.15) is 0 Å². The normalized spacial score (nSPS) is 13.6. The van der Waals surface area contributed by atoms with Crippen LogP contribution in [-0.2, 0) is 16.0 Å². The summed E-state index contributed by atoms with van der Waals surface area (Å²) in [5.41, 5.74) is 1.14. The van der Waals surface area contributed by atoms with Gasteiger partial charge in [0.1, 0.15) is 11.1 Å². The highest BCUT2D eigenvalue weighted by atomic mass is 32.2. The van der Waals surface area contributed by atoms with Crippen molar-refractivity contribution in [3.05, 3.63) is 28.5 Å². The van der Waals surface area contributed by atoms with Crippen LogP contribution in [0.1, 0.15) is 51.4 Å². The molecule has 21 heavy (non-hydrogen) atoms. The molecular formula is C15H23N3OS2. The lowest BCUT2D eigenvalue weighted by Crippen LogP contribution is -2.21. The second-order valence-electron chi connectivity index (χ2n) is 5.81. The number of imidazole rings is 1. The number of thiazole rings is 1. The second kappa shape index (κ2) is 6.94. The fourth-order valence-electron chi connectivity index (χ4n) is 1.94. The molecule has 1 atom stereocenters. The van der Waals surface area contributed by atoms with Crippen molar-refractivity contribution in [1.29, 1.82) is 0 Å². The smallest absolute Gasteiger partial charge is 0.168 e. The SMILES string of the molecule is CCO[C@H](C)c1nc(CSc2nccn2C(C)(C)C)cs1. The van der Waals surface area contributed by atoms with Crippen molar-refractivity contribution in [3.63, 3.8) is 0 Å². The lowest BCUT2D eigenvalue weighted by Gasteiger charge is -2.22. The summed E-state index contributed by atoms with van der Waals surface area (Å²) in [6.07, 6.45) is 3.97. The number of nitrogens with zero attached hydrogens (tertiary/aromatic N) is 3. The van der Waals surface area contributed by atoms with Crippen LogP contribution in [0.4, 0.5) is 0 Å². The Bertz CT molecular complexity index is 571. The number of hydrogen-bond acceptors (Lipinski definition) is 5. The van der Waals surface area contributed by atoms with Gasteiger partial charge in [0.25, 0.3) is 0 Å². The van der Waals surface area contributed by atoms with Gasteiger partial charge in [0, 0.05) is 35.7 Å². The van der Waals surface area contributed by atoms with Crippen molar-refractivity contribution in [2.24, 2.45) is 0 Å². The van der Waals surface area contributed by atoms with E-state index in [0.29, 0.717) is 6.61 Å². The molecule has 0 aromatic carbocycles. The third-order valence-electron chi connectivity index (χ3n) is 3.01. The van der Waals surface area contributed by atoms with Crippen molar-refractivity contribution < 1.29 is 4.74 Å². The Morgan fingerprint density at radius 1 is 1.43 bits per heavy atom. The maximum Gasteiger partial charge on any atom is 0.168 e. The Morgan fingerprint density at radius 2 is 2.19 bits per heavy atom. The van der Waals surface area contributed by atoms with E-state index in [1.165, 1.54) is 0 Å². The fourth-order valence-corrected chi connectivity index (χ4v) is 3.90. The lowest BCUT2D eigenvalue weighted by atomic mass is 10.1. The Labute approximate surface area is 135 Å². The molecule has 0 aliphatic carbocycles. The maximum atomic E-state index is 5.58. The summed E-state index contributed by atoms with van der Waals surface area (Å²) in [6, 6.07) is 0. The molecule has 2 aromatic rings. The van der Waals surface area contributed by atoms with Crippen molar-refractivity contribution in [1.82, 2.24) is 14.5 Å². The summed E-state index contributed by atoms with van der Waals surface area (Å²) in [6.45, 7) is 11.3. The first-order valence-electron chi connectivity index (χ1n) is 7.14. The number of hydrogen-bond donors (Lipinski definition) is 0. The molecule has 0 amide bonds. The van der Waals surface area contributed by atoms with E-state index in [2.05, 4.69) is 40.7 Å². The van der Waals surface area contributed by atoms with Crippen LogP contribution in [0.5, 0.6) is 0 Å². The van der Waals surface area contributed by atoms with E-state index < -0.39 is 0 Å². The Balaban J connectivity index is 2.00. The molecular weight excluding hydrogens is 302 g/mol. The van der Waals surface area contributed by atoms with Crippen LogP contribution < -0.4 is 0 Å². The predicted molar refractivity (Wildman–Crippen MR) is 88.9 cm³/mol. The molecule has 4 nitrogen and oxygen atoms in total. The summed E-state index contributed by atoms with van der Waals surface area (Å²) in [5.74, 6) is 0.836. The van der Waals surface area contributed by atoms with Gasteiger partial charge in [-0.25, -0.2) is 9.97 Å². The minimum absolute atomic E-state index is 0.0511. The molecule has 0 aliphatic rings. The minimum atomic E-state index is 0.0511. The van der Waals surface area contributed by atoms with E-state index in [-0.39, 0.29) is 11.6 Å². The molecule has 2 heterocycles. The van der Waals surface area contributed by atoms with E-state index in [1.807, 2.05) is 26.2 Å². The monoisotopic (exact) mass is 325 g/mol. The molecule has 0 radical (unpaired) electrons. The second-order valence-corrected chi connectivity index (χ2v) is 7.65. The summed E-state index contributed by atoms with van der Waals surface area (Å²) in [4.78, 5) is 9.10. The first-order valence-corrected chi connectivity index (χ1v) is 9.01. The molecule has 0 unspecified atom stereocenters. The van der Waals surface area contributed by atoms with Crippen LogP contribution in [0.3, 0.4) is 0 Å². The van der Waals surface area contributed by atoms with E-state index in [0.717, 1.165) is 21.6 Å². The van der Waals surface area contributed by atoms with Crippen LogP contribution in [0.25, 0.3) is 0 Å². The van der Waals surface area contributed by atoms with Gasteiger partial charge in [0.15, 0.2) is 5.16 Å².